The summed E-state index contributed by atoms with van der Waals surface area (Å²) in [5.41, 5.74) is 4.90. The van der Waals surface area contributed by atoms with E-state index in [0.29, 0.717) is 0 Å². The van der Waals surface area contributed by atoms with Gasteiger partial charge in [-0.2, -0.15) is 0 Å². The Morgan fingerprint density at radius 2 is 1.57 bits per heavy atom. The SMILES string of the molecule is CCc1ccc(CN(C)C(=S)Nc2ccc(C)cc2)cc1. The summed E-state index contributed by atoms with van der Waals surface area (Å²) in [6.45, 7) is 5.05. The van der Waals surface area contributed by atoms with Crippen LogP contribution in [0.25, 0.3) is 0 Å². The van der Waals surface area contributed by atoms with E-state index in [9.17, 15) is 0 Å². The second-order valence-electron chi connectivity index (χ2n) is 5.32. The molecule has 0 spiro atoms. The Hall–Kier alpha value is -1.87. The number of benzene rings is 2. The van der Waals surface area contributed by atoms with Gasteiger partial charge >= 0.3 is 0 Å². The Balaban J connectivity index is 1.93. The summed E-state index contributed by atoms with van der Waals surface area (Å²) in [4.78, 5) is 2.05. The van der Waals surface area contributed by atoms with Crippen molar-refractivity contribution >= 4 is 23.0 Å². The Labute approximate surface area is 132 Å². The van der Waals surface area contributed by atoms with Crippen LogP contribution in [0.4, 0.5) is 5.69 Å². The molecule has 2 aromatic carbocycles. The Bertz CT molecular complexity index is 588. The Kier molecular flexibility index (Phi) is 5.34. The standard InChI is InChI=1S/C18H22N2S/c1-4-15-7-9-16(10-8-15)13-20(3)18(21)19-17-11-5-14(2)6-12-17/h5-12H,4,13H2,1-3H3,(H,19,21). The van der Waals surface area contributed by atoms with Crippen molar-refractivity contribution in [2.24, 2.45) is 0 Å². The highest BCUT2D eigenvalue weighted by atomic mass is 32.1. The third kappa shape index (κ3) is 4.57. The Morgan fingerprint density at radius 3 is 2.14 bits per heavy atom. The van der Waals surface area contributed by atoms with Crippen LogP contribution in [0.15, 0.2) is 48.5 Å². The highest BCUT2D eigenvalue weighted by Crippen LogP contribution is 2.11. The maximum atomic E-state index is 5.45. The molecule has 21 heavy (non-hydrogen) atoms. The average Bonchev–Trinajstić information content (AvgIpc) is 2.50. The molecule has 0 fully saturated rings. The molecule has 0 aliphatic heterocycles. The van der Waals surface area contributed by atoms with Crippen molar-refractivity contribution in [3.8, 4) is 0 Å². The number of thiocarbonyl (C=S) groups is 1. The quantitative estimate of drug-likeness (QED) is 0.843. The molecule has 0 aromatic heterocycles. The lowest BCUT2D eigenvalue weighted by atomic mass is 10.1. The number of rotatable bonds is 4. The van der Waals surface area contributed by atoms with Crippen LogP contribution in [0.3, 0.4) is 0 Å². The second kappa shape index (κ2) is 7.23. The van der Waals surface area contributed by atoms with Crippen LogP contribution in [0.2, 0.25) is 0 Å². The maximum absolute atomic E-state index is 5.45. The number of hydrogen-bond donors (Lipinski definition) is 1. The van der Waals surface area contributed by atoms with Crippen LogP contribution in [-0.4, -0.2) is 17.1 Å². The molecule has 1 N–H and O–H groups in total. The fourth-order valence-corrected chi connectivity index (χ4v) is 2.26. The summed E-state index contributed by atoms with van der Waals surface area (Å²) in [5.74, 6) is 0. The number of nitrogens with one attached hydrogen (secondary N) is 1. The fraction of sp³-hybridized carbons (Fsp3) is 0.278. The van der Waals surface area contributed by atoms with E-state index in [-0.39, 0.29) is 0 Å². The normalized spacial score (nSPS) is 10.2. The lowest BCUT2D eigenvalue weighted by molar-refractivity contribution is 0.508. The zero-order valence-electron chi connectivity index (χ0n) is 12.9. The minimum Gasteiger partial charge on any atom is -0.348 e. The van der Waals surface area contributed by atoms with Crippen molar-refractivity contribution in [3.05, 3.63) is 65.2 Å². The van der Waals surface area contributed by atoms with Gasteiger partial charge < -0.3 is 10.2 Å². The van der Waals surface area contributed by atoms with Crippen molar-refractivity contribution in [1.29, 1.82) is 0 Å². The predicted octanol–water partition coefficient (Wildman–Crippen LogP) is 4.39. The lowest BCUT2D eigenvalue weighted by Gasteiger charge is -2.21. The summed E-state index contributed by atoms with van der Waals surface area (Å²) in [6.07, 6.45) is 1.07. The molecule has 2 aromatic rings. The largest absolute Gasteiger partial charge is 0.348 e. The monoisotopic (exact) mass is 298 g/mol. The van der Waals surface area contributed by atoms with Crippen LogP contribution in [0, 0.1) is 6.92 Å². The number of aryl methyl sites for hydroxylation is 2. The van der Waals surface area contributed by atoms with E-state index < -0.39 is 0 Å². The van der Waals surface area contributed by atoms with Crippen molar-refractivity contribution in [2.45, 2.75) is 26.8 Å². The molecule has 3 heteroatoms. The molecule has 2 nitrogen and oxygen atoms in total. The molecule has 0 amide bonds. The zero-order chi connectivity index (χ0) is 15.2. The van der Waals surface area contributed by atoms with Gasteiger partial charge in [-0.3, -0.25) is 0 Å². The topological polar surface area (TPSA) is 15.3 Å². The minimum atomic E-state index is 0.735. The van der Waals surface area contributed by atoms with Gasteiger partial charge in [0.15, 0.2) is 5.11 Å². The highest BCUT2D eigenvalue weighted by Gasteiger charge is 2.05. The van der Waals surface area contributed by atoms with Crippen LogP contribution >= 0.6 is 12.2 Å². The van der Waals surface area contributed by atoms with E-state index in [1.165, 1.54) is 16.7 Å². The van der Waals surface area contributed by atoms with Gasteiger partial charge in [0.1, 0.15) is 0 Å². The summed E-state index contributed by atoms with van der Waals surface area (Å²) in [7, 11) is 2.01. The molecular formula is C18H22N2S. The molecule has 0 atom stereocenters. The van der Waals surface area contributed by atoms with E-state index in [2.05, 4.69) is 60.5 Å². The van der Waals surface area contributed by atoms with Crippen molar-refractivity contribution in [3.63, 3.8) is 0 Å². The molecule has 0 heterocycles. The number of anilines is 1. The van der Waals surface area contributed by atoms with Crippen molar-refractivity contribution in [1.82, 2.24) is 4.90 Å². The molecule has 0 bridgehead atoms. The zero-order valence-corrected chi connectivity index (χ0v) is 13.7. The molecule has 0 unspecified atom stereocenters. The van der Waals surface area contributed by atoms with Gasteiger partial charge in [-0.1, -0.05) is 48.9 Å². The number of nitrogens with zero attached hydrogens (tertiary/aromatic N) is 1. The third-order valence-corrected chi connectivity index (χ3v) is 3.91. The van der Waals surface area contributed by atoms with Gasteiger partial charge in [0.05, 0.1) is 0 Å². The molecule has 110 valence electrons. The predicted molar refractivity (Wildman–Crippen MR) is 94.7 cm³/mol. The summed E-state index contributed by atoms with van der Waals surface area (Å²) in [6, 6.07) is 17.0. The van der Waals surface area contributed by atoms with Gasteiger partial charge in [0, 0.05) is 19.3 Å². The van der Waals surface area contributed by atoms with E-state index >= 15 is 0 Å². The lowest BCUT2D eigenvalue weighted by Crippen LogP contribution is -2.30. The van der Waals surface area contributed by atoms with Crippen LogP contribution in [-0.2, 0) is 13.0 Å². The first-order valence-corrected chi connectivity index (χ1v) is 7.66. The Morgan fingerprint density at radius 1 is 1.00 bits per heavy atom. The highest BCUT2D eigenvalue weighted by molar-refractivity contribution is 7.80. The van der Waals surface area contributed by atoms with Crippen LogP contribution in [0.5, 0.6) is 0 Å². The van der Waals surface area contributed by atoms with Gasteiger partial charge in [0.2, 0.25) is 0 Å². The minimum absolute atomic E-state index is 0.735. The molecular weight excluding hydrogens is 276 g/mol. The van der Waals surface area contributed by atoms with Crippen LogP contribution < -0.4 is 5.32 Å². The molecule has 2 rings (SSSR count). The van der Waals surface area contributed by atoms with Crippen molar-refractivity contribution in [2.75, 3.05) is 12.4 Å². The van der Waals surface area contributed by atoms with E-state index in [1.54, 1.807) is 0 Å². The van der Waals surface area contributed by atoms with Gasteiger partial charge in [0.25, 0.3) is 0 Å². The third-order valence-electron chi connectivity index (χ3n) is 3.50. The molecule has 0 saturated carbocycles. The second-order valence-corrected chi connectivity index (χ2v) is 5.71. The van der Waals surface area contributed by atoms with E-state index in [4.69, 9.17) is 12.2 Å². The van der Waals surface area contributed by atoms with Gasteiger partial charge in [-0.15, -0.1) is 0 Å². The average molecular weight is 298 g/mol. The first-order valence-electron chi connectivity index (χ1n) is 7.25. The maximum Gasteiger partial charge on any atom is 0.173 e. The summed E-state index contributed by atoms with van der Waals surface area (Å²) >= 11 is 5.45. The number of hydrogen-bond acceptors (Lipinski definition) is 1. The van der Waals surface area contributed by atoms with Gasteiger partial charge in [-0.25, -0.2) is 0 Å². The molecule has 0 saturated heterocycles. The first kappa shape index (κ1) is 15.5. The fourth-order valence-electron chi connectivity index (χ4n) is 2.08. The summed E-state index contributed by atoms with van der Waals surface area (Å²) in [5, 5.41) is 4.00. The first-order chi connectivity index (χ1) is 10.1. The van der Waals surface area contributed by atoms with Crippen molar-refractivity contribution < 1.29 is 0 Å². The van der Waals surface area contributed by atoms with Gasteiger partial charge in [-0.05, 0) is 48.8 Å². The molecule has 0 radical (unpaired) electrons. The van der Waals surface area contributed by atoms with E-state index in [0.717, 1.165) is 23.8 Å². The molecule has 0 aliphatic carbocycles. The smallest absolute Gasteiger partial charge is 0.173 e. The van der Waals surface area contributed by atoms with E-state index in [1.807, 2.05) is 19.2 Å². The molecule has 0 aliphatic rings. The summed E-state index contributed by atoms with van der Waals surface area (Å²) < 4.78 is 0. The van der Waals surface area contributed by atoms with Crippen LogP contribution in [0.1, 0.15) is 23.6 Å².